The van der Waals surface area contributed by atoms with E-state index in [1.807, 2.05) is 12.3 Å². The van der Waals surface area contributed by atoms with Crippen molar-refractivity contribution in [1.82, 2.24) is 19.7 Å². The molecule has 0 unspecified atom stereocenters. The minimum atomic E-state index is -1.55. The summed E-state index contributed by atoms with van der Waals surface area (Å²) in [4.78, 5) is 23.5. The fourth-order valence-electron chi connectivity index (χ4n) is 3.24. The number of ether oxygens (including phenoxy) is 1. The molecule has 0 aliphatic rings. The van der Waals surface area contributed by atoms with E-state index in [0.717, 1.165) is 33.9 Å². The number of carbonyl (C=O) groups excluding carboxylic acids is 1. The molecule has 36 heavy (non-hydrogen) atoms. The normalized spacial score (nSPS) is 11.8. The summed E-state index contributed by atoms with van der Waals surface area (Å²) in [5, 5.41) is 7.18. The van der Waals surface area contributed by atoms with Gasteiger partial charge in [0.25, 0.3) is 5.91 Å². The van der Waals surface area contributed by atoms with Gasteiger partial charge in [-0.05, 0) is 25.1 Å². The van der Waals surface area contributed by atoms with Crippen molar-refractivity contribution >= 4 is 41.8 Å². The number of halogens is 3. The van der Waals surface area contributed by atoms with E-state index in [0.29, 0.717) is 28.4 Å². The van der Waals surface area contributed by atoms with Gasteiger partial charge in [-0.1, -0.05) is 31.0 Å². The van der Waals surface area contributed by atoms with Crippen molar-refractivity contribution in [3.05, 3.63) is 64.8 Å². The average molecular weight is 552 g/mol. The number of aryl methyl sites for hydroxylation is 1. The zero-order valence-electron chi connectivity index (χ0n) is 20.1. The van der Waals surface area contributed by atoms with Gasteiger partial charge in [-0.15, -0.1) is 11.3 Å². The Bertz CT molecular complexity index is 1370. The first kappa shape index (κ1) is 26.2. The Labute approximate surface area is 215 Å². The molecule has 0 aliphatic carbocycles. The monoisotopic (exact) mass is 551 g/mol. The van der Waals surface area contributed by atoms with Gasteiger partial charge >= 0.3 is 0 Å². The molecule has 0 saturated carbocycles. The first-order valence-corrected chi connectivity index (χ1v) is 16.4. The predicted octanol–water partition coefficient (Wildman–Crippen LogP) is 6.14. The number of nitrogens with zero attached hydrogens (tertiary/aromatic N) is 5. The van der Waals surface area contributed by atoms with E-state index in [9.17, 15) is 18.0 Å². The van der Waals surface area contributed by atoms with Crippen LogP contribution in [0.5, 0.6) is 0 Å². The fourth-order valence-corrected chi connectivity index (χ4v) is 5.52. The molecule has 0 bridgehead atoms. The van der Waals surface area contributed by atoms with Crippen LogP contribution >= 0.6 is 22.7 Å². The summed E-state index contributed by atoms with van der Waals surface area (Å²) < 4.78 is 50.1. The van der Waals surface area contributed by atoms with Crippen molar-refractivity contribution < 1.29 is 22.7 Å². The molecule has 0 spiro atoms. The van der Waals surface area contributed by atoms with Crippen LogP contribution in [0.3, 0.4) is 0 Å². The van der Waals surface area contributed by atoms with Gasteiger partial charge in [0.2, 0.25) is 5.13 Å². The molecule has 0 fully saturated rings. The summed E-state index contributed by atoms with van der Waals surface area (Å²) in [6, 6.07) is 2.19. The number of aromatic nitrogens is 4. The molecule has 1 aromatic carbocycles. The molecular weight excluding hydrogens is 528 g/mol. The Balaban J connectivity index is 1.65. The number of benzene rings is 1. The summed E-state index contributed by atoms with van der Waals surface area (Å²) in [5.74, 6) is -5.11. The van der Waals surface area contributed by atoms with Crippen LogP contribution in [0.1, 0.15) is 16.1 Å². The Kier molecular flexibility index (Phi) is 7.73. The lowest BCUT2D eigenvalue weighted by Gasteiger charge is -2.22. The van der Waals surface area contributed by atoms with E-state index in [1.54, 1.807) is 23.3 Å². The number of amides is 1. The maximum Gasteiger partial charge on any atom is 0.268 e. The van der Waals surface area contributed by atoms with Gasteiger partial charge in [-0.3, -0.25) is 9.69 Å². The highest BCUT2D eigenvalue weighted by molar-refractivity contribution is 7.19. The maximum atomic E-state index is 14.5. The molecule has 0 atom stereocenters. The second-order valence-electron chi connectivity index (χ2n) is 9.19. The molecule has 0 radical (unpaired) electrons. The van der Waals surface area contributed by atoms with Crippen molar-refractivity contribution in [2.45, 2.75) is 32.6 Å². The number of carbonyl (C=O) groups is 1. The quantitative estimate of drug-likeness (QED) is 0.108. The van der Waals surface area contributed by atoms with Crippen molar-refractivity contribution in [1.29, 1.82) is 0 Å². The van der Waals surface area contributed by atoms with E-state index < -0.39 is 37.0 Å². The van der Waals surface area contributed by atoms with E-state index in [4.69, 9.17) is 4.74 Å². The fraction of sp³-hybridized carbons (Fsp3) is 0.304. The second-order valence-corrected chi connectivity index (χ2v) is 16.7. The molecule has 190 valence electrons. The summed E-state index contributed by atoms with van der Waals surface area (Å²) >= 11 is 2.57. The van der Waals surface area contributed by atoms with Gasteiger partial charge in [0.15, 0.2) is 16.8 Å². The van der Waals surface area contributed by atoms with E-state index in [2.05, 4.69) is 34.7 Å². The molecule has 3 aromatic heterocycles. The van der Waals surface area contributed by atoms with Crippen LogP contribution < -0.4 is 4.90 Å². The molecule has 13 heteroatoms. The highest BCUT2D eigenvalue weighted by Crippen LogP contribution is 2.34. The van der Waals surface area contributed by atoms with E-state index in [1.165, 1.54) is 11.3 Å². The summed E-state index contributed by atoms with van der Waals surface area (Å²) in [6.45, 7) is 8.45. The molecule has 0 aliphatic heterocycles. The zero-order valence-corrected chi connectivity index (χ0v) is 22.7. The Morgan fingerprint density at radius 3 is 2.61 bits per heavy atom. The van der Waals surface area contributed by atoms with Gasteiger partial charge in [-0.25, -0.2) is 27.8 Å². The molecule has 1 amide bonds. The van der Waals surface area contributed by atoms with Gasteiger partial charge in [0.1, 0.15) is 18.1 Å². The molecule has 4 rings (SSSR count). The van der Waals surface area contributed by atoms with Crippen molar-refractivity contribution in [2.24, 2.45) is 0 Å². The predicted molar refractivity (Wildman–Crippen MR) is 137 cm³/mol. The molecule has 7 nitrogen and oxygen atoms in total. The Hall–Kier alpha value is -2.87. The first-order chi connectivity index (χ1) is 17.0. The lowest BCUT2D eigenvalue weighted by molar-refractivity contribution is 0.0891. The standard InChI is InChI=1S/C23H24F3N5O2S2Si/c1-14-15(12-31(29-14)23-27-7-9-34-23)18-11-28-22(35-18)30(13-33-8-10-36(2,3)4)21(32)19-16(24)5-6-17(25)20(19)26/h5-7,9,11-12H,8,10,13H2,1-4H3. The van der Waals surface area contributed by atoms with Crippen LogP contribution in [0.25, 0.3) is 15.6 Å². The molecular formula is C23H24F3N5O2S2Si. The molecule has 3 heterocycles. The maximum absolute atomic E-state index is 14.5. The SMILES string of the molecule is Cc1nn(-c2nccs2)cc1-c1cnc(N(COCC[Si](C)(C)C)C(=O)c2c(F)ccc(F)c2F)s1. The van der Waals surface area contributed by atoms with Crippen molar-refractivity contribution in [3.63, 3.8) is 0 Å². The zero-order chi connectivity index (χ0) is 26.0. The Morgan fingerprint density at radius 2 is 1.92 bits per heavy atom. The third-order valence-corrected chi connectivity index (χ3v) is 8.74. The van der Waals surface area contributed by atoms with Gasteiger partial charge < -0.3 is 4.74 Å². The van der Waals surface area contributed by atoms with Gasteiger partial charge in [0.05, 0.1) is 10.6 Å². The smallest absolute Gasteiger partial charge is 0.268 e. The first-order valence-electron chi connectivity index (χ1n) is 11.0. The van der Waals surface area contributed by atoms with Crippen LogP contribution in [0, 0.1) is 24.4 Å². The lowest BCUT2D eigenvalue weighted by Crippen LogP contribution is -2.35. The number of rotatable bonds is 9. The minimum Gasteiger partial charge on any atom is -0.361 e. The lowest BCUT2D eigenvalue weighted by atomic mass is 10.1. The van der Waals surface area contributed by atoms with E-state index in [-0.39, 0.29) is 11.9 Å². The molecule has 4 aromatic rings. The van der Waals surface area contributed by atoms with Crippen LogP contribution in [0.2, 0.25) is 25.7 Å². The largest absolute Gasteiger partial charge is 0.361 e. The van der Waals surface area contributed by atoms with E-state index >= 15 is 0 Å². The van der Waals surface area contributed by atoms with Crippen molar-refractivity contribution in [3.8, 4) is 15.6 Å². The molecule has 0 N–H and O–H groups in total. The highest BCUT2D eigenvalue weighted by Gasteiger charge is 2.29. The summed E-state index contributed by atoms with van der Waals surface area (Å²) in [5.41, 5.74) is 0.490. The third kappa shape index (κ3) is 5.74. The van der Waals surface area contributed by atoms with Gasteiger partial charge in [-0.2, -0.15) is 5.10 Å². The van der Waals surface area contributed by atoms with Crippen LogP contribution in [0.15, 0.2) is 36.1 Å². The van der Waals surface area contributed by atoms with Crippen LogP contribution in [-0.4, -0.2) is 47.1 Å². The average Bonchev–Trinajstić information content (AvgIpc) is 3.56. The van der Waals surface area contributed by atoms with Crippen LogP contribution in [0.4, 0.5) is 18.3 Å². The molecule has 0 saturated heterocycles. The minimum absolute atomic E-state index is 0.160. The second kappa shape index (κ2) is 10.6. The summed E-state index contributed by atoms with van der Waals surface area (Å²) in [6.07, 6.45) is 5.03. The third-order valence-electron chi connectivity index (χ3n) is 5.22. The number of hydrogen-bond donors (Lipinski definition) is 0. The Morgan fingerprint density at radius 1 is 1.17 bits per heavy atom. The van der Waals surface area contributed by atoms with Crippen molar-refractivity contribution in [2.75, 3.05) is 18.2 Å². The number of hydrogen-bond acceptors (Lipinski definition) is 7. The van der Waals surface area contributed by atoms with Crippen LogP contribution in [-0.2, 0) is 4.74 Å². The van der Waals surface area contributed by atoms with Gasteiger partial charge in [0, 0.05) is 44.2 Å². The summed E-state index contributed by atoms with van der Waals surface area (Å²) in [7, 11) is -1.42. The number of thiazole rings is 2. The number of anilines is 1. The highest BCUT2D eigenvalue weighted by atomic mass is 32.1. The topological polar surface area (TPSA) is 73.1 Å².